The van der Waals surface area contributed by atoms with Gasteiger partial charge in [0.25, 0.3) is 0 Å². The lowest BCUT2D eigenvalue weighted by atomic mass is 10.4. The highest BCUT2D eigenvalue weighted by Crippen LogP contribution is 2.08. The van der Waals surface area contributed by atoms with E-state index in [1.165, 1.54) is 16.7 Å². The highest BCUT2D eigenvalue weighted by molar-refractivity contribution is 7.99. The molecule has 1 saturated heterocycles. The molecule has 0 spiro atoms. The molecular formula is C10H16N2O4S. The van der Waals surface area contributed by atoms with Crippen LogP contribution >= 0.6 is 11.8 Å². The molecule has 0 aliphatic carbocycles. The second-order valence-electron chi connectivity index (χ2n) is 3.67. The molecule has 17 heavy (non-hydrogen) atoms. The number of aliphatic hydroxyl groups is 1. The van der Waals surface area contributed by atoms with Crippen molar-refractivity contribution in [1.82, 2.24) is 10.2 Å². The molecule has 0 unspecified atom stereocenters. The molecule has 1 aliphatic heterocycles. The minimum absolute atomic E-state index is 0.00811. The molecule has 1 heterocycles. The van der Waals surface area contributed by atoms with Gasteiger partial charge in [-0.3, -0.25) is 19.7 Å². The molecular weight excluding hydrogens is 244 g/mol. The van der Waals surface area contributed by atoms with Gasteiger partial charge in [0, 0.05) is 18.7 Å². The summed E-state index contributed by atoms with van der Waals surface area (Å²) in [5.41, 5.74) is 0. The lowest BCUT2D eigenvalue weighted by Crippen LogP contribution is -2.41. The Balaban J connectivity index is 2.20. The summed E-state index contributed by atoms with van der Waals surface area (Å²) in [6, 6.07) is 0. The topological polar surface area (TPSA) is 86.7 Å². The SMILES string of the molecule is O=C(CSCCO)NC(=O)CN1CCCC1=O. The van der Waals surface area contributed by atoms with E-state index in [-0.39, 0.29) is 30.7 Å². The van der Waals surface area contributed by atoms with E-state index in [9.17, 15) is 14.4 Å². The van der Waals surface area contributed by atoms with Crippen LogP contribution in [-0.2, 0) is 14.4 Å². The number of amides is 3. The fraction of sp³-hybridized carbons (Fsp3) is 0.700. The van der Waals surface area contributed by atoms with Crippen molar-refractivity contribution >= 4 is 29.5 Å². The Bertz CT molecular complexity index is 309. The van der Waals surface area contributed by atoms with E-state index in [2.05, 4.69) is 5.32 Å². The lowest BCUT2D eigenvalue weighted by molar-refractivity contribution is -0.135. The summed E-state index contributed by atoms with van der Waals surface area (Å²) >= 11 is 1.25. The van der Waals surface area contributed by atoms with Crippen LogP contribution in [-0.4, -0.2) is 58.9 Å². The van der Waals surface area contributed by atoms with Gasteiger partial charge in [-0.1, -0.05) is 0 Å². The Morgan fingerprint density at radius 1 is 1.41 bits per heavy atom. The second kappa shape index (κ2) is 7.29. The molecule has 2 N–H and O–H groups in total. The first kappa shape index (κ1) is 14.0. The van der Waals surface area contributed by atoms with Crippen LogP contribution in [0.3, 0.4) is 0 Å². The Labute approximate surface area is 104 Å². The van der Waals surface area contributed by atoms with E-state index in [0.29, 0.717) is 18.7 Å². The molecule has 0 radical (unpaired) electrons. The molecule has 0 aromatic carbocycles. The van der Waals surface area contributed by atoms with Crippen LogP contribution < -0.4 is 5.32 Å². The van der Waals surface area contributed by atoms with Crippen molar-refractivity contribution in [2.24, 2.45) is 0 Å². The first-order valence-corrected chi connectivity index (χ1v) is 6.58. The molecule has 1 aliphatic rings. The third kappa shape index (κ3) is 5.18. The quantitative estimate of drug-likeness (QED) is 0.597. The zero-order valence-corrected chi connectivity index (χ0v) is 10.3. The first-order valence-electron chi connectivity index (χ1n) is 5.42. The molecule has 0 saturated carbocycles. The van der Waals surface area contributed by atoms with Gasteiger partial charge in [0.15, 0.2) is 0 Å². The number of likely N-dealkylation sites (tertiary alicyclic amines) is 1. The van der Waals surface area contributed by atoms with Crippen molar-refractivity contribution in [3.05, 3.63) is 0 Å². The molecule has 6 nitrogen and oxygen atoms in total. The summed E-state index contributed by atoms with van der Waals surface area (Å²) in [4.78, 5) is 35.3. The average Bonchev–Trinajstić information content (AvgIpc) is 2.64. The van der Waals surface area contributed by atoms with Crippen molar-refractivity contribution < 1.29 is 19.5 Å². The number of carbonyl (C=O) groups is 3. The highest BCUT2D eigenvalue weighted by atomic mass is 32.2. The monoisotopic (exact) mass is 260 g/mol. The predicted molar refractivity (Wildman–Crippen MR) is 63.4 cm³/mol. The maximum Gasteiger partial charge on any atom is 0.246 e. The minimum Gasteiger partial charge on any atom is -0.396 e. The molecule has 3 amide bonds. The van der Waals surface area contributed by atoms with Crippen molar-refractivity contribution in [3.8, 4) is 0 Å². The number of nitrogens with one attached hydrogen (secondary N) is 1. The van der Waals surface area contributed by atoms with E-state index in [4.69, 9.17) is 5.11 Å². The number of imide groups is 1. The zero-order valence-electron chi connectivity index (χ0n) is 9.48. The van der Waals surface area contributed by atoms with Crippen molar-refractivity contribution in [2.75, 3.05) is 31.2 Å². The van der Waals surface area contributed by atoms with Gasteiger partial charge in [-0.05, 0) is 6.42 Å². The molecule has 7 heteroatoms. The maximum absolute atomic E-state index is 11.4. The van der Waals surface area contributed by atoms with Crippen LogP contribution in [0.1, 0.15) is 12.8 Å². The zero-order chi connectivity index (χ0) is 12.7. The summed E-state index contributed by atoms with van der Waals surface area (Å²) in [5.74, 6) is -0.274. The van der Waals surface area contributed by atoms with Gasteiger partial charge >= 0.3 is 0 Å². The fourth-order valence-electron chi connectivity index (χ4n) is 1.51. The molecule has 96 valence electrons. The number of carbonyl (C=O) groups excluding carboxylic acids is 3. The predicted octanol–water partition coefficient (Wildman–Crippen LogP) is -1.02. The second-order valence-corrected chi connectivity index (χ2v) is 4.77. The van der Waals surface area contributed by atoms with Crippen molar-refractivity contribution in [1.29, 1.82) is 0 Å². The van der Waals surface area contributed by atoms with Crippen LogP contribution in [0.15, 0.2) is 0 Å². The number of rotatable bonds is 6. The fourth-order valence-corrected chi connectivity index (χ4v) is 2.04. The van der Waals surface area contributed by atoms with E-state index in [0.717, 1.165) is 6.42 Å². The van der Waals surface area contributed by atoms with Crippen molar-refractivity contribution in [2.45, 2.75) is 12.8 Å². The molecule has 0 atom stereocenters. The molecule has 0 aromatic rings. The summed E-state index contributed by atoms with van der Waals surface area (Å²) in [6.45, 7) is 0.545. The van der Waals surface area contributed by atoms with Crippen LogP contribution in [0, 0.1) is 0 Å². The van der Waals surface area contributed by atoms with Gasteiger partial charge in [0.1, 0.15) is 0 Å². The number of hydrogen-bond donors (Lipinski definition) is 2. The minimum atomic E-state index is -0.449. The Morgan fingerprint density at radius 2 is 2.18 bits per heavy atom. The average molecular weight is 260 g/mol. The summed E-state index contributed by atoms with van der Waals surface area (Å²) in [6.07, 6.45) is 1.25. The van der Waals surface area contributed by atoms with Gasteiger partial charge in [-0.25, -0.2) is 0 Å². The standard InChI is InChI=1S/C10H16N2O4S/c13-4-5-17-7-9(15)11-8(14)6-12-3-1-2-10(12)16/h13H,1-7H2,(H,11,14,15). The van der Waals surface area contributed by atoms with Gasteiger partial charge < -0.3 is 10.0 Å². The summed E-state index contributed by atoms with van der Waals surface area (Å²) < 4.78 is 0. The number of hydrogen-bond acceptors (Lipinski definition) is 5. The largest absolute Gasteiger partial charge is 0.396 e. The van der Waals surface area contributed by atoms with Gasteiger partial charge in [0.2, 0.25) is 17.7 Å². The Hall–Kier alpha value is -1.08. The van der Waals surface area contributed by atoms with Crippen LogP contribution in [0.2, 0.25) is 0 Å². The molecule has 0 bridgehead atoms. The van der Waals surface area contributed by atoms with Gasteiger partial charge in [0.05, 0.1) is 18.9 Å². The Kier molecular flexibility index (Phi) is 5.99. The van der Waals surface area contributed by atoms with Gasteiger partial charge in [-0.2, -0.15) is 0 Å². The normalized spacial score (nSPS) is 15.1. The van der Waals surface area contributed by atoms with E-state index in [1.807, 2.05) is 0 Å². The summed E-state index contributed by atoms with van der Waals surface area (Å²) in [7, 11) is 0. The van der Waals surface area contributed by atoms with Crippen LogP contribution in [0.25, 0.3) is 0 Å². The Morgan fingerprint density at radius 3 is 2.76 bits per heavy atom. The van der Waals surface area contributed by atoms with E-state index < -0.39 is 5.91 Å². The van der Waals surface area contributed by atoms with Crippen LogP contribution in [0.4, 0.5) is 0 Å². The third-order valence-corrected chi connectivity index (χ3v) is 3.19. The number of aliphatic hydroxyl groups excluding tert-OH is 1. The van der Waals surface area contributed by atoms with Crippen molar-refractivity contribution in [3.63, 3.8) is 0 Å². The van der Waals surface area contributed by atoms with E-state index >= 15 is 0 Å². The van der Waals surface area contributed by atoms with Crippen LogP contribution in [0.5, 0.6) is 0 Å². The van der Waals surface area contributed by atoms with Gasteiger partial charge in [-0.15, -0.1) is 11.8 Å². The highest BCUT2D eigenvalue weighted by Gasteiger charge is 2.22. The maximum atomic E-state index is 11.4. The third-order valence-electron chi connectivity index (χ3n) is 2.25. The first-order chi connectivity index (χ1) is 8.13. The number of nitrogens with zero attached hydrogens (tertiary/aromatic N) is 1. The smallest absolute Gasteiger partial charge is 0.246 e. The molecule has 0 aromatic heterocycles. The molecule has 1 rings (SSSR count). The van der Waals surface area contributed by atoms with E-state index in [1.54, 1.807) is 0 Å². The number of thioether (sulfide) groups is 1. The summed E-state index contributed by atoms with van der Waals surface area (Å²) in [5, 5.41) is 10.7. The lowest BCUT2D eigenvalue weighted by Gasteiger charge is -2.14. The molecule has 1 fully saturated rings.